The average Bonchev–Trinajstić information content (AvgIpc) is 2.59. The molecule has 26 heavy (non-hydrogen) atoms. The van der Waals surface area contributed by atoms with Crippen molar-refractivity contribution in [1.29, 1.82) is 0 Å². The molecule has 0 aliphatic rings. The molecule has 1 N–H and O–H groups in total. The lowest BCUT2D eigenvalue weighted by molar-refractivity contribution is -0.138. The highest BCUT2D eigenvalue weighted by molar-refractivity contribution is 6.02. The van der Waals surface area contributed by atoms with E-state index in [4.69, 9.17) is 9.47 Å². The van der Waals surface area contributed by atoms with E-state index in [0.29, 0.717) is 23.6 Å². The number of methoxy groups -OCH3 is 2. The first-order chi connectivity index (χ1) is 12.2. The Balaban J connectivity index is 2.77. The van der Waals surface area contributed by atoms with Crippen molar-refractivity contribution < 1.29 is 27.4 Å². The Kier molecular flexibility index (Phi) is 5.79. The van der Waals surface area contributed by atoms with E-state index in [1.54, 1.807) is 25.1 Å². The molecule has 0 radical (unpaired) electrons. The Bertz CT molecular complexity index is 816. The van der Waals surface area contributed by atoms with Gasteiger partial charge in [0.2, 0.25) is 0 Å². The molecule has 0 saturated heterocycles. The first-order valence-electron chi connectivity index (χ1n) is 7.96. The van der Waals surface area contributed by atoms with Gasteiger partial charge in [0.25, 0.3) is 5.91 Å². The highest BCUT2D eigenvalue weighted by Crippen LogP contribution is 2.40. The van der Waals surface area contributed by atoms with Gasteiger partial charge in [-0.05, 0) is 54.8 Å². The molecule has 0 aliphatic heterocycles. The third kappa shape index (κ3) is 3.76. The van der Waals surface area contributed by atoms with Crippen LogP contribution in [0, 0.1) is 6.92 Å². The minimum Gasteiger partial charge on any atom is -0.493 e. The third-order valence-electron chi connectivity index (χ3n) is 4.02. The first kappa shape index (κ1) is 19.6. The van der Waals surface area contributed by atoms with Crippen molar-refractivity contribution in [2.45, 2.75) is 20.0 Å². The highest BCUT2D eigenvalue weighted by atomic mass is 19.4. The van der Waals surface area contributed by atoms with Gasteiger partial charge >= 0.3 is 6.18 Å². The van der Waals surface area contributed by atoms with Gasteiger partial charge in [0.1, 0.15) is 0 Å². The number of amides is 1. The summed E-state index contributed by atoms with van der Waals surface area (Å²) in [6, 6.07) is 6.89. The largest absolute Gasteiger partial charge is 0.493 e. The average molecular weight is 367 g/mol. The topological polar surface area (TPSA) is 47.6 Å². The summed E-state index contributed by atoms with van der Waals surface area (Å²) in [5.74, 6) is 0.373. The van der Waals surface area contributed by atoms with Crippen molar-refractivity contribution in [3.63, 3.8) is 0 Å². The van der Waals surface area contributed by atoms with Crippen LogP contribution in [-0.4, -0.2) is 26.7 Å². The van der Waals surface area contributed by atoms with E-state index in [-0.39, 0.29) is 16.7 Å². The van der Waals surface area contributed by atoms with E-state index < -0.39 is 17.6 Å². The summed E-state index contributed by atoms with van der Waals surface area (Å²) in [6.45, 7) is 3.47. The third-order valence-corrected chi connectivity index (χ3v) is 4.02. The van der Waals surface area contributed by atoms with E-state index in [1.807, 2.05) is 0 Å². The molecule has 2 aromatic carbocycles. The maximum atomic E-state index is 13.3. The molecule has 0 unspecified atom stereocenters. The zero-order valence-electron chi connectivity index (χ0n) is 15.0. The van der Waals surface area contributed by atoms with Crippen molar-refractivity contribution in [2.24, 2.45) is 0 Å². The summed E-state index contributed by atoms with van der Waals surface area (Å²) in [5.41, 5.74) is 0.0209. The molecule has 0 aliphatic carbocycles. The van der Waals surface area contributed by atoms with Crippen molar-refractivity contribution in [1.82, 2.24) is 5.32 Å². The molecule has 1 amide bonds. The van der Waals surface area contributed by atoms with Crippen LogP contribution in [-0.2, 0) is 6.18 Å². The number of rotatable bonds is 5. The van der Waals surface area contributed by atoms with Crippen LogP contribution in [0.1, 0.15) is 28.4 Å². The van der Waals surface area contributed by atoms with Gasteiger partial charge in [-0.15, -0.1) is 0 Å². The van der Waals surface area contributed by atoms with E-state index in [9.17, 15) is 18.0 Å². The molecular formula is C19H20F3NO3. The van der Waals surface area contributed by atoms with Crippen LogP contribution in [0.4, 0.5) is 13.2 Å². The monoisotopic (exact) mass is 367 g/mol. The maximum absolute atomic E-state index is 13.3. The highest BCUT2D eigenvalue weighted by Gasteiger charge is 2.34. The van der Waals surface area contributed by atoms with Crippen LogP contribution in [0.15, 0.2) is 30.3 Å². The Morgan fingerprint density at radius 2 is 1.73 bits per heavy atom. The lowest BCUT2D eigenvalue weighted by atomic mass is 9.90. The second-order valence-electron chi connectivity index (χ2n) is 5.59. The molecular weight excluding hydrogens is 347 g/mol. The fourth-order valence-corrected chi connectivity index (χ4v) is 2.83. The van der Waals surface area contributed by atoms with Gasteiger partial charge in [0, 0.05) is 12.1 Å². The number of hydrogen-bond donors (Lipinski definition) is 1. The number of ether oxygens (including phenoxy) is 2. The van der Waals surface area contributed by atoms with Crippen LogP contribution < -0.4 is 14.8 Å². The molecule has 0 heterocycles. The summed E-state index contributed by atoms with van der Waals surface area (Å²) in [7, 11) is 2.90. The van der Waals surface area contributed by atoms with Gasteiger partial charge in [-0.1, -0.05) is 6.07 Å². The number of alkyl halides is 3. The summed E-state index contributed by atoms with van der Waals surface area (Å²) in [4.78, 5) is 12.4. The van der Waals surface area contributed by atoms with Crippen LogP contribution >= 0.6 is 0 Å². The predicted molar refractivity (Wildman–Crippen MR) is 92.7 cm³/mol. The fraction of sp³-hybridized carbons (Fsp3) is 0.316. The number of halogens is 3. The molecule has 0 saturated carbocycles. The van der Waals surface area contributed by atoms with Crippen LogP contribution in [0.3, 0.4) is 0 Å². The van der Waals surface area contributed by atoms with E-state index in [2.05, 4.69) is 5.32 Å². The zero-order chi connectivity index (χ0) is 19.5. The smallest absolute Gasteiger partial charge is 0.416 e. The minimum atomic E-state index is -4.52. The van der Waals surface area contributed by atoms with E-state index in [0.717, 1.165) is 6.07 Å². The molecule has 7 heteroatoms. The number of benzene rings is 2. The second-order valence-corrected chi connectivity index (χ2v) is 5.59. The second kappa shape index (κ2) is 7.68. The Morgan fingerprint density at radius 3 is 2.27 bits per heavy atom. The van der Waals surface area contributed by atoms with Crippen LogP contribution in [0.25, 0.3) is 11.1 Å². The molecule has 0 spiro atoms. The number of carbonyl (C=O) groups is 1. The minimum absolute atomic E-state index is 0.0199. The predicted octanol–water partition coefficient (Wildman–Crippen LogP) is 4.45. The summed E-state index contributed by atoms with van der Waals surface area (Å²) >= 11 is 0. The van der Waals surface area contributed by atoms with Crippen molar-refractivity contribution in [2.75, 3.05) is 20.8 Å². The standard InChI is InChI=1S/C19H20F3NO3/c1-5-23-18(24)13-7-8-14(19(20,21)22)11(2)17(13)12-6-9-15(25-3)16(10-12)26-4/h6-10H,5H2,1-4H3,(H,23,24). The molecule has 2 aromatic rings. The van der Waals surface area contributed by atoms with Crippen LogP contribution in [0.5, 0.6) is 11.5 Å². The summed E-state index contributed by atoms with van der Waals surface area (Å²) in [6.07, 6.45) is -4.52. The van der Waals surface area contributed by atoms with Gasteiger partial charge in [-0.3, -0.25) is 4.79 Å². The molecule has 0 bridgehead atoms. The zero-order valence-corrected chi connectivity index (χ0v) is 15.0. The van der Waals surface area contributed by atoms with Gasteiger partial charge in [0.15, 0.2) is 11.5 Å². The molecule has 0 atom stereocenters. The molecule has 140 valence electrons. The number of hydrogen-bond acceptors (Lipinski definition) is 3. The lowest BCUT2D eigenvalue weighted by Gasteiger charge is -2.19. The van der Waals surface area contributed by atoms with Crippen molar-refractivity contribution in [3.05, 3.63) is 47.0 Å². The van der Waals surface area contributed by atoms with Gasteiger partial charge in [0.05, 0.1) is 19.8 Å². The first-order valence-corrected chi connectivity index (χ1v) is 7.96. The summed E-state index contributed by atoms with van der Waals surface area (Å²) in [5, 5.41) is 2.63. The van der Waals surface area contributed by atoms with E-state index >= 15 is 0 Å². The molecule has 0 aromatic heterocycles. The Labute approximate surface area is 149 Å². The Morgan fingerprint density at radius 1 is 1.08 bits per heavy atom. The lowest BCUT2D eigenvalue weighted by Crippen LogP contribution is -2.24. The number of nitrogens with one attached hydrogen (secondary N) is 1. The quantitative estimate of drug-likeness (QED) is 0.849. The maximum Gasteiger partial charge on any atom is 0.416 e. The fourth-order valence-electron chi connectivity index (χ4n) is 2.83. The van der Waals surface area contributed by atoms with Gasteiger partial charge < -0.3 is 14.8 Å². The van der Waals surface area contributed by atoms with Crippen molar-refractivity contribution >= 4 is 5.91 Å². The van der Waals surface area contributed by atoms with Crippen molar-refractivity contribution in [3.8, 4) is 22.6 Å². The Hall–Kier alpha value is -2.70. The molecule has 2 rings (SSSR count). The van der Waals surface area contributed by atoms with E-state index in [1.165, 1.54) is 27.2 Å². The molecule has 4 nitrogen and oxygen atoms in total. The van der Waals surface area contributed by atoms with Gasteiger partial charge in [-0.2, -0.15) is 13.2 Å². The molecule has 0 fully saturated rings. The van der Waals surface area contributed by atoms with Gasteiger partial charge in [-0.25, -0.2) is 0 Å². The summed E-state index contributed by atoms with van der Waals surface area (Å²) < 4.78 is 50.4. The van der Waals surface area contributed by atoms with Crippen LogP contribution in [0.2, 0.25) is 0 Å². The normalized spacial score (nSPS) is 11.2. The SMILES string of the molecule is CCNC(=O)c1ccc(C(F)(F)F)c(C)c1-c1ccc(OC)c(OC)c1. The number of carbonyl (C=O) groups excluding carboxylic acids is 1.